The Balaban J connectivity index is 2.48. The van der Waals surface area contributed by atoms with Crippen LogP contribution in [0.3, 0.4) is 0 Å². The van der Waals surface area contributed by atoms with Crippen molar-refractivity contribution in [2.45, 2.75) is 6.42 Å². The van der Waals surface area contributed by atoms with Crippen molar-refractivity contribution in [2.75, 3.05) is 33.9 Å². The fraction of sp³-hybridized carbons (Fsp3) is 0.875. The third-order valence-corrected chi connectivity index (χ3v) is 2.37. The number of hydrogen-bond acceptors (Lipinski definition) is 5. The van der Waals surface area contributed by atoms with Gasteiger partial charge < -0.3 is 4.74 Å². The molecule has 0 unspecified atom stereocenters. The summed E-state index contributed by atoms with van der Waals surface area (Å²) in [6.45, 7) is 0.959. The SMILES string of the molecule is CON(C)C(=O)CC1(CN=O)COC1. The molecule has 14 heavy (non-hydrogen) atoms. The highest BCUT2D eigenvalue weighted by Crippen LogP contribution is 2.32. The van der Waals surface area contributed by atoms with Crippen molar-refractivity contribution in [2.24, 2.45) is 10.6 Å². The maximum atomic E-state index is 11.5. The normalized spacial score (nSPS) is 18.4. The number of carbonyl (C=O) groups excluding carboxylic acids is 1. The van der Waals surface area contributed by atoms with Crippen molar-refractivity contribution in [1.29, 1.82) is 0 Å². The van der Waals surface area contributed by atoms with Crippen molar-refractivity contribution >= 4 is 5.91 Å². The summed E-state index contributed by atoms with van der Waals surface area (Å²) < 4.78 is 4.99. The first kappa shape index (κ1) is 11.1. The number of carbonyl (C=O) groups is 1. The molecule has 80 valence electrons. The van der Waals surface area contributed by atoms with E-state index in [0.717, 1.165) is 5.06 Å². The number of rotatable bonds is 5. The van der Waals surface area contributed by atoms with Crippen LogP contribution in [-0.4, -0.2) is 44.9 Å². The van der Waals surface area contributed by atoms with E-state index in [4.69, 9.17) is 9.57 Å². The molecule has 0 N–H and O–H groups in total. The fourth-order valence-corrected chi connectivity index (χ4v) is 1.31. The molecule has 1 aliphatic heterocycles. The highest BCUT2D eigenvalue weighted by molar-refractivity contribution is 5.75. The first-order valence-corrected chi connectivity index (χ1v) is 4.31. The molecule has 0 spiro atoms. The molecule has 1 heterocycles. The summed E-state index contributed by atoms with van der Waals surface area (Å²) >= 11 is 0. The van der Waals surface area contributed by atoms with Gasteiger partial charge in [0.25, 0.3) is 0 Å². The molecule has 0 aromatic heterocycles. The van der Waals surface area contributed by atoms with Gasteiger partial charge in [0.2, 0.25) is 5.91 Å². The number of amides is 1. The second-order valence-corrected chi connectivity index (χ2v) is 3.53. The van der Waals surface area contributed by atoms with Crippen molar-refractivity contribution in [3.05, 3.63) is 4.91 Å². The largest absolute Gasteiger partial charge is 0.380 e. The Hall–Kier alpha value is -1.01. The van der Waals surface area contributed by atoms with Crippen LogP contribution in [0.5, 0.6) is 0 Å². The Kier molecular flexibility index (Phi) is 3.54. The first-order chi connectivity index (χ1) is 6.63. The zero-order valence-electron chi connectivity index (χ0n) is 8.36. The number of nitroso groups, excluding NO2 is 1. The van der Waals surface area contributed by atoms with E-state index in [9.17, 15) is 9.70 Å². The lowest BCUT2D eigenvalue weighted by atomic mass is 9.82. The summed E-state index contributed by atoms with van der Waals surface area (Å²) in [5.41, 5.74) is -0.397. The molecular weight excluding hydrogens is 188 g/mol. The highest BCUT2D eigenvalue weighted by Gasteiger charge is 2.41. The molecule has 6 heteroatoms. The third-order valence-electron chi connectivity index (χ3n) is 2.37. The number of ether oxygens (including phenoxy) is 1. The highest BCUT2D eigenvalue weighted by atomic mass is 16.7. The first-order valence-electron chi connectivity index (χ1n) is 4.31. The van der Waals surface area contributed by atoms with Crippen LogP contribution in [0.4, 0.5) is 0 Å². The van der Waals surface area contributed by atoms with E-state index in [0.29, 0.717) is 13.2 Å². The predicted molar refractivity (Wildman–Crippen MR) is 48.3 cm³/mol. The van der Waals surface area contributed by atoms with Gasteiger partial charge in [0, 0.05) is 18.9 Å². The molecule has 1 saturated heterocycles. The van der Waals surface area contributed by atoms with E-state index in [-0.39, 0.29) is 18.9 Å². The molecule has 0 radical (unpaired) electrons. The van der Waals surface area contributed by atoms with Crippen LogP contribution in [0, 0.1) is 10.3 Å². The number of hydroxylamine groups is 2. The molecular formula is C8H14N2O4. The molecule has 1 rings (SSSR count). The van der Waals surface area contributed by atoms with Gasteiger partial charge in [0.05, 0.1) is 26.9 Å². The van der Waals surface area contributed by atoms with Gasteiger partial charge in [0.15, 0.2) is 0 Å². The lowest BCUT2D eigenvalue weighted by molar-refractivity contribution is -0.180. The lowest BCUT2D eigenvalue weighted by Crippen LogP contribution is -2.48. The molecule has 0 atom stereocenters. The third kappa shape index (κ3) is 2.27. The van der Waals surface area contributed by atoms with E-state index in [1.807, 2.05) is 0 Å². The molecule has 0 saturated carbocycles. The van der Waals surface area contributed by atoms with Crippen molar-refractivity contribution < 1.29 is 14.4 Å². The summed E-state index contributed by atoms with van der Waals surface area (Å²) in [5.74, 6) is -0.167. The zero-order chi connectivity index (χ0) is 10.6. The van der Waals surface area contributed by atoms with E-state index in [1.54, 1.807) is 0 Å². The Morgan fingerprint density at radius 3 is 2.64 bits per heavy atom. The molecule has 1 amide bonds. The second kappa shape index (κ2) is 4.47. The van der Waals surface area contributed by atoms with Crippen molar-refractivity contribution in [1.82, 2.24) is 5.06 Å². The molecule has 1 aliphatic rings. The average Bonchev–Trinajstić information content (AvgIpc) is 2.13. The predicted octanol–water partition coefficient (Wildman–Crippen LogP) is 0.179. The van der Waals surface area contributed by atoms with Crippen LogP contribution in [0.15, 0.2) is 5.18 Å². The van der Waals surface area contributed by atoms with Gasteiger partial charge in [-0.15, -0.1) is 0 Å². The van der Waals surface area contributed by atoms with E-state index >= 15 is 0 Å². The maximum Gasteiger partial charge on any atom is 0.246 e. The summed E-state index contributed by atoms with van der Waals surface area (Å²) in [7, 11) is 2.95. The monoisotopic (exact) mass is 202 g/mol. The Bertz CT molecular complexity index is 227. The van der Waals surface area contributed by atoms with E-state index in [2.05, 4.69) is 5.18 Å². The van der Waals surface area contributed by atoms with Crippen LogP contribution >= 0.6 is 0 Å². The zero-order valence-corrected chi connectivity index (χ0v) is 8.36. The fourth-order valence-electron chi connectivity index (χ4n) is 1.31. The van der Waals surface area contributed by atoms with E-state index < -0.39 is 5.41 Å². The minimum atomic E-state index is -0.397. The maximum absolute atomic E-state index is 11.5. The molecule has 1 fully saturated rings. The topological polar surface area (TPSA) is 68.2 Å². The second-order valence-electron chi connectivity index (χ2n) is 3.53. The van der Waals surface area contributed by atoms with Crippen molar-refractivity contribution in [3.63, 3.8) is 0 Å². The molecule has 0 aliphatic carbocycles. The smallest absolute Gasteiger partial charge is 0.246 e. The van der Waals surface area contributed by atoms with Crippen LogP contribution in [0.25, 0.3) is 0 Å². The Morgan fingerprint density at radius 1 is 1.64 bits per heavy atom. The standard InChI is InChI=1S/C8H14N2O4/c1-10(13-2)7(11)3-8(4-9-12)5-14-6-8/h3-6H2,1-2H3. The average molecular weight is 202 g/mol. The number of hydrogen-bond donors (Lipinski definition) is 0. The minimum Gasteiger partial charge on any atom is -0.380 e. The molecule has 0 aromatic rings. The minimum absolute atomic E-state index is 0.121. The van der Waals surface area contributed by atoms with Gasteiger partial charge >= 0.3 is 0 Å². The molecule has 0 aromatic carbocycles. The van der Waals surface area contributed by atoms with Gasteiger partial charge in [-0.2, -0.15) is 4.91 Å². The lowest BCUT2D eigenvalue weighted by Gasteiger charge is -2.39. The quantitative estimate of drug-likeness (QED) is 0.471. The van der Waals surface area contributed by atoms with Gasteiger partial charge in [-0.3, -0.25) is 9.63 Å². The van der Waals surface area contributed by atoms with Crippen LogP contribution in [0.1, 0.15) is 6.42 Å². The summed E-state index contributed by atoms with van der Waals surface area (Å²) in [5, 5.41) is 3.97. The van der Waals surface area contributed by atoms with Gasteiger partial charge in [0.1, 0.15) is 0 Å². The molecule has 6 nitrogen and oxygen atoms in total. The van der Waals surface area contributed by atoms with Crippen LogP contribution in [0.2, 0.25) is 0 Å². The van der Waals surface area contributed by atoms with E-state index in [1.165, 1.54) is 14.2 Å². The summed E-state index contributed by atoms with van der Waals surface area (Å²) in [6, 6.07) is 0. The van der Waals surface area contributed by atoms with Gasteiger partial charge in [-0.25, -0.2) is 5.06 Å². The van der Waals surface area contributed by atoms with Crippen LogP contribution in [-0.2, 0) is 14.4 Å². The van der Waals surface area contributed by atoms with Gasteiger partial charge in [-0.05, 0) is 0 Å². The Morgan fingerprint density at radius 2 is 2.29 bits per heavy atom. The number of nitrogens with zero attached hydrogens (tertiary/aromatic N) is 2. The van der Waals surface area contributed by atoms with Crippen LogP contribution < -0.4 is 0 Å². The van der Waals surface area contributed by atoms with Gasteiger partial charge in [-0.1, -0.05) is 5.18 Å². The summed E-state index contributed by atoms with van der Waals surface area (Å²) in [4.78, 5) is 26.4. The molecule has 0 bridgehead atoms. The Labute approximate surface area is 82.1 Å². The summed E-state index contributed by atoms with van der Waals surface area (Å²) in [6.07, 6.45) is 0.239. The van der Waals surface area contributed by atoms with Crippen molar-refractivity contribution in [3.8, 4) is 0 Å².